The Balaban J connectivity index is 2.23. The molecule has 2 aromatic carbocycles. The normalized spacial score (nSPS) is 10.4. The Kier molecular flexibility index (Phi) is 4.94. The van der Waals surface area contributed by atoms with Crippen LogP contribution in [0.5, 0.6) is 5.75 Å². The van der Waals surface area contributed by atoms with Gasteiger partial charge in [-0.15, -0.1) is 0 Å². The highest BCUT2D eigenvalue weighted by molar-refractivity contribution is 9.10. The van der Waals surface area contributed by atoms with Crippen molar-refractivity contribution in [2.75, 3.05) is 0 Å². The number of Topliss-reactive ketones (excluding diaryl/α,β-unsaturated/α-hetero) is 1. The maximum atomic E-state index is 13.4. The first-order valence-corrected chi connectivity index (χ1v) is 7.44. The van der Waals surface area contributed by atoms with Gasteiger partial charge in [0.05, 0.1) is 10.0 Å². The van der Waals surface area contributed by atoms with E-state index in [-0.39, 0.29) is 18.2 Å². The van der Waals surface area contributed by atoms with Gasteiger partial charge in [0.15, 0.2) is 5.78 Å². The van der Waals surface area contributed by atoms with E-state index >= 15 is 0 Å². The van der Waals surface area contributed by atoms with Gasteiger partial charge in [-0.05, 0) is 47.1 Å². The number of carbonyl (C=O) groups is 1. The van der Waals surface area contributed by atoms with Crippen LogP contribution >= 0.6 is 31.9 Å². The maximum Gasteiger partial charge on any atom is 0.163 e. The lowest BCUT2D eigenvalue weighted by atomic mass is 10.1. The summed E-state index contributed by atoms with van der Waals surface area (Å²) in [5, 5.41) is 0. The van der Waals surface area contributed by atoms with Crippen LogP contribution in [-0.4, -0.2) is 5.78 Å². The minimum Gasteiger partial charge on any atom is -0.488 e. The summed E-state index contributed by atoms with van der Waals surface area (Å²) in [5.41, 5.74) is 1.18. The molecule has 0 saturated heterocycles. The number of carbonyl (C=O) groups excluding carboxylic acids is 1. The summed E-state index contributed by atoms with van der Waals surface area (Å²) >= 11 is 6.50. The van der Waals surface area contributed by atoms with E-state index < -0.39 is 0 Å². The van der Waals surface area contributed by atoms with Gasteiger partial charge in [-0.1, -0.05) is 28.1 Å². The molecule has 20 heavy (non-hydrogen) atoms. The Morgan fingerprint density at radius 3 is 2.70 bits per heavy atom. The van der Waals surface area contributed by atoms with Gasteiger partial charge in [-0.2, -0.15) is 0 Å². The van der Waals surface area contributed by atoms with Crippen molar-refractivity contribution in [1.29, 1.82) is 0 Å². The molecule has 0 aliphatic rings. The minimum atomic E-state index is -0.339. The van der Waals surface area contributed by atoms with Gasteiger partial charge in [0.25, 0.3) is 0 Å². The molecule has 2 rings (SSSR count). The number of rotatable bonds is 4. The van der Waals surface area contributed by atoms with E-state index in [1.807, 2.05) is 0 Å². The largest absolute Gasteiger partial charge is 0.488 e. The molecule has 2 nitrogen and oxygen atoms in total. The monoisotopic (exact) mass is 400 g/mol. The van der Waals surface area contributed by atoms with Crippen molar-refractivity contribution in [3.05, 3.63) is 62.3 Å². The van der Waals surface area contributed by atoms with Gasteiger partial charge in [0, 0.05) is 10.0 Å². The standard InChI is InChI=1S/C15H11Br2FO2/c1-9(19)12-7-11(16)5-6-14(12)20-8-10-3-2-4-13(18)15(10)17/h2-7H,8H2,1H3. The van der Waals surface area contributed by atoms with Crippen molar-refractivity contribution in [3.8, 4) is 5.75 Å². The second-order valence-electron chi connectivity index (χ2n) is 4.20. The first kappa shape index (κ1) is 15.2. The van der Waals surface area contributed by atoms with Crippen molar-refractivity contribution in [2.45, 2.75) is 13.5 Å². The lowest BCUT2D eigenvalue weighted by Crippen LogP contribution is -2.02. The number of halogens is 3. The highest BCUT2D eigenvalue weighted by Gasteiger charge is 2.11. The third-order valence-corrected chi connectivity index (χ3v) is 4.12. The van der Waals surface area contributed by atoms with Gasteiger partial charge in [-0.3, -0.25) is 4.79 Å². The quantitative estimate of drug-likeness (QED) is 0.663. The second kappa shape index (κ2) is 6.50. The molecule has 0 radical (unpaired) electrons. The smallest absolute Gasteiger partial charge is 0.163 e. The van der Waals surface area contributed by atoms with E-state index in [0.717, 1.165) is 4.47 Å². The summed E-state index contributed by atoms with van der Waals surface area (Å²) in [6.07, 6.45) is 0. The Bertz CT molecular complexity index is 656. The molecule has 2 aromatic rings. The molecule has 0 N–H and O–H groups in total. The molecule has 0 fully saturated rings. The molecule has 0 atom stereocenters. The molecule has 0 aliphatic carbocycles. The number of hydrogen-bond donors (Lipinski definition) is 0. The van der Waals surface area contributed by atoms with Crippen LogP contribution in [-0.2, 0) is 6.61 Å². The first-order valence-electron chi connectivity index (χ1n) is 5.85. The van der Waals surface area contributed by atoms with Gasteiger partial charge in [0.1, 0.15) is 18.2 Å². The third-order valence-electron chi connectivity index (χ3n) is 2.74. The Labute approximate surface area is 133 Å². The van der Waals surface area contributed by atoms with Crippen molar-refractivity contribution < 1.29 is 13.9 Å². The number of benzene rings is 2. The molecule has 0 unspecified atom stereocenters. The average Bonchev–Trinajstić information content (AvgIpc) is 2.41. The van der Waals surface area contributed by atoms with Crippen LogP contribution in [0.1, 0.15) is 22.8 Å². The minimum absolute atomic E-state index is 0.0837. The summed E-state index contributed by atoms with van der Waals surface area (Å²) < 4.78 is 20.2. The van der Waals surface area contributed by atoms with Gasteiger partial charge in [-0.25, -0.2) is 4.39 Å². The van der Waals surface area contributed by atoms with Crippen LogP contribution in [0, 0.1) is 5.82 Å². The fourth-order valence-corrected chi connectivity index (χ4v) is 2.46. The van der Waals surface area contributed by atoms with Gasteiger partial charge >= 0.3 is 0 Å². The Morgan fingerprint density at radius 1 is 1.25 bits per heavy atom. The van der Waals surface area contributed by atoms with Crippen molar-refractivity contribution >= 4 is 37.6 Å². The highest BCUT2D eigenvalue weighted by atomic mass is 79.9. The lowest BCUT2D eigenvalue weighted by molar-refractivity contribution is 0.101. The summed E-state index contributed by atoms with van der Waals surface area (Å²) in [6, 6.07) is 9.97. The van der Waals surface area contributed by atoms with E-state index in [1.54, 1.807) is 30.3 Å². The second-order valence-corrected chi connectivity index (χ2v) is 5.91. The predicted octanol–water partition coefficient (Wildman–Crippen LogP) is 5.13. The third kappa shape index (κ3) is 3.46. The highest BCUT2D eigenvalue weighted by Crippen LogP contribution is 2.26. The molecule has 0 amide bonds. The van der Waals surface area contributed by atoms with Crippen molar-refractivity contribution in [1.82, 2.24) is 0 Å². The van der Waals surface area contributed by atoms with E-state index in [9.17, 15) is 9.18 Å². The summed E-state index contributed by atoms with van der Waals surface area (Å²) in [5.74, 6) is 0.0603. The zero-order valence-electron chi connectivity index (χ0n) is 10.6. The predicted molar refractivity (Wildman–Crippen MR) is 82.6 cm³/mol. The zero-order chi connectivity index (χ0) is 14.7. The maximum absolute atomic E-state index is 13.4. The number of hydrogen-bond acceptors (Lipinski definition) is 2. The zero-order valence-corrected chi connectivity index (χ0v) is 13.8. The van der Waals surface area contributed by atoms with Crippen LogP contribution in [0.4, 0.5) is 4.39 Å². The topological polar surface area (TPSA) is 26.3 Å². The van der Waals surface area contributed by atoms with Crippen LogP contribution in [0.2, 0.25) is 0 Å². The Hall–Kier alpha value is -1.20. The Morgan fingerprint density at radius 2 is 2.00 bits per heavy atom. The average molecular weight is 402 g/mol. The molecule has 0 heterocycles. The molecule has 0 aromatic heterocycles. The van der Waals surface area contributed by atoms with E-state index in [4.69, 9.17) is 4.74 Å². The fraction of sp³-hybridized carbons (Fsp3) is 0.133. The first-order chi connectivity index (χ1) is 9.49. The molecule has 5 heteroatoms. The SMILES string of the molecule is CC(=O)c1cc(Br)ccc1OCc1cccc(F)c1Br. The van der Waals surface area contributed by atoms with Gasteiger partial charge < -0.3 is 4.74 Å². The van der Waals surface area contributed by atoms with E-state index in [1.165, 1.54) is 13.0 Å². The van der Waals surface area contributed by atoms with Gasteiger partial charge in [0.2, 0.25) is 0 Å². The fourth-order valence-electron chi connectivity index (χ4n) is 1.72. The van der Waals surface area contributed by atoms with E-state index in [0.29, 0.717) is 21.3 Å². The molecular formula is C15H11Br2FO2. The van der Waals surface area contributed by atoms with Crippen molar-refractivity contribution in [3.63, 3.8) is 0 Å². The lowest BCUT2D eigenvalue weighted by Gasteiger charge is -2.11. The van der Waals surface area contributed by atoms with Crippen LogP contribution in [0.25, 0.3) is 0 Å². The van der Waals surface area contributed by atoms with Crippen molar-refractivity contribution in [2.24, 2.45) is 0 Å². The van der Waals surface area contributed by atoms with Crippen LogP contribution < -0.4 is 4.74 Å². The summed E-state index contributed by atoms with van der Waals surface area (Å²) in [4.78, 5) is 11.6. The van der Waals surface area contributed by atoms with Crippen LogP contribution in [0.3, 0.4) is 0 Å². The molecule has 0 bridgehead atoms. The summed E-state index contributed by atoms with van der Waals surface area (Å²) in [7, 11) is 0. The molecule has 0 aliphatic heterocycles. The summed E-state index contributed by atoms with van der Waals surface area (Å²) in [6.45, 7) is 1.66. The molecule has 104 valence electrons. The van der Waals surface area contributed by atoms with E-state index in [2.05, 4.69) is 31.9 Å². The molecular weight excluding hydrogens is 391 g/mol. The van der Waals surface area contributed by atoms with Crippen LogP contribution in [0.15, 0.2) is 45.3 Å². The molecule has 0 spiro atoms. The molecule has 0 saturated carbocycles. The number of ether oxygens (including phenoxy) is 1. The number of ketones is 1.